The van der Waals surface area contributed by atoms with Gasteiger partial charge in [0.05, 0.1) is 10.6 Å². The lowest BCUT2D eigenvalue weighted by Crippen LogP contribution is -2.53. The summed E-state index contributed by atoms with van der Waals surface area (Å²) in [7, 11) is -2.62. The SMILES string of the molecule is CNC(=O)[C@H](Cc1ccccc1)N(Cc1cccc(Cl)c1)C(=O)CN(c1cccc(C)c1)S(=O)(=O)c1ccc(C)cc1. The molecule has 0 saturated carbocycles. The molecule has 4 rings (SSSR count). The van der Waals surface area contributed by atoms with Crippen LogP contribution in [-0.2, 0) is 32.6 Å². The molecule has 4 aromatic rings. The Morgan fingerprint density at radius 3 is 2.12 bits per heavy atom. The fourth-order valence-corrected chi connectivity index (χ4v) is 6.32. The number of hydrogen-bond donors (Lipinski definition) is 1. The van der Waals surface area contributed by atoms with Crippen molar-refractivity contribution in [3.8, 4) is 0 Å². The van der Waals surface area contributed by atoms with Gasteiger partial charge in [0.2, 0.25) is 11.8 Å². The summed E-state index contributed by atoms with van der Waals surface area (Å²) in [6.45, 7) is 3.27. The van der Waals surface area contributed by atoms with E-state index in [4.69, 9.17) is 11.6 Å². The molecule has 0 aliphatic heterocycles. The smallest absolute Gasteiger partial charge is 0.264 e. The molecule has 1 N–H and O–H groups in total. The molecule has 0 bridgehead atoms. The minimum atomic E-state index is -4.14. The van der Waals surface area contributed by atoms with Crippen molar-refractivity contribution in [3.05, 3.63) is 130 Å². The minimum absolute atomic E-state index is 0.0521. The summed E-state index contributed by atoms with van der Waals surface area (Å²) < 4.78 is 29.2. The number of nitrogens with zero attached hydrogens (tertiary/aromatic N) is 2. The zero-order valence-electron chi connectivity index (χ0n) is 23.8. The van der Waals surface area contributed by atoms with Gasteiger partial charge < -0.3 is 10.2 Å². The second kappa shape index (κ2) is 13.7. The number of halogens is 1. The molecule has 4 aromatic carbocycles. The van der Waals surface area contributed by atoms with E-state index in [1.165, 1.54) is 24.1 Å². The van der Waals surface area contributed by atoms with E-state index in [1.54, 1.807) is 48.5 Å². The third kappa shape index (κ3) is 7.57. The molecule has 0 aliphatic carbocycles. The second-order valence-electron chi connectivity index (χ2n) is 10.1. The maximum absolute atomic E-state index is 14.3. The Labute approximate surface area is 252 Å². The maximum atomic E-state index is 14.3. The zero-order valence-corrected chi connectivity index (χ0v) is 25.4. The van der Waals surface area contributed by atoms with Crippen LogP contribution >= 0.6 is 11.6 Å². The number of likely N-dealkylation sites (N-methyl/N-ethyl adjacent to an activating group) is 1. The van der Waals surface area contributed by atoms with Crippen molar-refractivity contribution in [2.45, 2.75) is 37.8 Å². The van der Waals surface area contributed by atoms with Crippen molar-refractivity contribution in [1.82, 2.24) is 10.2 Å². The molecule has 0 spiro atoms. The van der Waals surface area contributed by atoms with Crippen LogP contribution in [0.5, 0.6) is 0 Å². The first-order valence-electron chi connectivity index (χ1n) is 13.5. The van der Waals surface area contributed by atoms with Gasteiger partial charge in [0.25, 0.3) is 10.0 Å². The highest BCUT2D eigenvalue weighted by molar-refractivity contribution is 7.92. The molecule has 0 unspecified atom stereocenters. The molecule has 0 fully saturated rings. The lowest BCUT2D eigenvalue weighted by atomic mass is 10.0. The Bertz CT molecular complexity index is 1640. The van der Waals surface area contributed by atoms with Crippen molar-refractivity contribution < 1.29 is 18.0 Å². The van der Waals surface area contributed by atoms with Crippen LogP contribution < -0.4 is 9.62 Å². The van der Waals surface area contributed by atoms with Gasteiger partial charge in [-0.05, 0) is 66.9 Å². The fraction of sp³-hybridized carbons (Fsp3) is 0.212. The van der Waals surface area contributed by atoms with Gasteiger partial charge in [-0.2, -0.15) is 0 Å². The number of anilines is 1. The van der Waals surface area contributed by atoms with Crippen LogP contribution in [0.4, 0.5) is 5.69 Å². The summed E-state index contributed by atoms with van der Waals surface area (Å²) in [5.41, 5.74) is 3.67. The molecule has 0 heterocycles. The van der Waals surface area contributed by atoms with Gasteiger partial charge in [-0.15, -0.1) is 0 Å². The molecule has 0 aromatic heterocycles. The standard InChI is InChI=1S/C33H34ClN3O4S/c1-24-15-17-30(18-16-24)42(40,41)37(29-14-7-9-25(2)19-29)23-32(38)36(22-27-12-8-13-28(34)20-27)31(33(39)35-3)21-26-10-5-4-6-11-26/h4-20,31H,21-23H2,1-3H3,(H,35,39)/t31-/m0/s1. The van der Waals surface area contributed by atoms with E-state index in [0.29, 0.717) is 16.3 Å². The normalized spacial score (nSPS) is 11.9. The Morgan fingerprint density at radius 1 is 0.810 bits per heavy atom. The number of carbonyl (C=O) groups excluding carboxylic acids is 2. The molecule has 2 amide bonds. The topological polar surface area (TPSA) is 86.8 Å². The number of amides is 2. The molecule has 42 heavy (non-hydrogen) atoms. The summed E-state index contributed by atoms with van der Waals surface area (Å²) in [5, 5.41) is 3.17. The Balaban J connectivity index is 1.79. The molecule has 0 radical (unpaired) electrons. The Hall–Kier alpha value is -4.14. The highest BCUT2D eigenvalue weighted by Gasteiger charge is 2.34. The molecule has 9 heteroatoms. The lowest BCUT2D eigenvalue weighted by Gasteiger charge is -2.33. The van der Waals surface area contributed by atoms with Gasteiger partial charge in [0.15, 0.2) is 0 Å². The van der Waals surface area contributed by atoms with E-state index in [0.717, 1.165) is 21.0 Å². The van der Waals surface area contributed by atoms with Crippen LogP contribution in [-0.4, -0.2) is 44.8 Å². The lowest BCUT2D eigenvalue weighted by molar-refractivity contribution is -0.139. The average molecular weight is 604 g/mol. The number of sulfonamides is 1. The van der Waals surface area contributed by atoms with Crippen molar-refractivity contribution in [1.29, 1.82) is 0 Å². The van der Waals surface area contributed by atoms with Crippen LogP contribution in [0.25, 0.3) is 0 Å². The molecule has 0 saturated heterocycles. The number of nitrogens with one attached hydrogen (secondary N) is 1. The maximum Gasteiger partial charge on any atom is 0.264 e. The van der Waals surface area contributed by atoms with Gasteiger partial charge >= 0.3 is 0 Å². The third-order valence-corrected chi connectivity index (χ3v) is 8.96. The van der Waals surface area contributed by atoms with E-state index in [1.807, 2.05) is 56.3 Å². The van der Waals surface area contributed by atoms with E-state index in [-0.39, 0.29) is 23.8 Å². The summed E-state index contributed by atoms with van der Waals surface area (Å²) in [6.07, 6.45) is 0.238. The quantitative estimate of drug-likeness (QED) is 0.244. The molecule has 0 aliphatic rings. The van der Waals surface area contributed by atoms with Gasteiger partial charge in [-0.25, -0.2) is 8.42 Å². The summed E-state index contributed by atoms with van der Waals surface area (Å²) >= 11 is 6.25. The van der Waals surface area contributed by atoms with E-state index < -0.39 is 28.5 Å². The largest absolute Gasteiger partial charge is 0.357 e. The van der Waals surface area contributed by atoms with Crippen LogP contribution in [0.1, 0.15) is 22.3 Å². The summed E-state index contributed by atoms with van der Waals surface area (Å²) in [5.74, 6) is -0.894. The third-order valence-electron chi connectivity index (χ3n) is 6.94. The highest BCUT2D eigenvalue weighted by Crippen LogP contribution is 2.26. The Kier molecular flexibility index (Phi) is 10.0. The van der Waals surface area contributed by atoms with Gasteiger partial charge in [0.1, 0.15) is 12.6 Å². The first kappa shape index (κ1) is 30.8. The zero-order chi connectivity index (χ0) is 30.3. The number of aryl methyl sites for hydroxylation is 2. The van der Waals surface area contributed by atoms with Gasteiger partial charge in [-0.1, -0.05) is 83.9 Å². The van der Waals surface area contributed by atoms with Crippen molar-refractivity contribution in [2.75, 3.05) is 17.9 Å². The predicted octanol–water partition coefficient (Wildman–Crippen LogP) is 5.54. The van der Waals surface area contributed by atoms with Crippen LogP contribution in [0.2, 0.25) is 5.02 Å². The van der Waals surface area contributed by atoms with Crippen molar-refractivity contribution in [2.24, 2.45) is 0 Å². The number of rotatable bonds is 11. The van der Waals surface area contributed by atoms with Crippen LogP contribution in [0, 0.1) is 13.8 Å². The second-order valence-corrected chi connectivity index (χ2v) is 12.4. The van der Waals surface area contributed by atoms with Crippen molar-refractivity contribution >= 4 is 39.1 Å². The predicted molar refractivity (Wildman–Crippen MR) is 167 cm³/mol. The number of carbonyl (C=O) groups is 2. The van der Waals surface area contributed by atoms with Crippen LogP contribution in [0.15, 0.2) is 108 Å². The number of hydrogen-bond acceptors (Lipinski definition) is 4. The molecule has 7 nitrogen and oxygen atoms in total. The van der Waals surface area contributed by atoms with Gasteiger partial charge in [-0.3, -0.25) is 13.9 Å². The first-order chi connectivity index (χ1) is 20.1. The molecular weight excluding hydrogens is 570 g/mol. The monoisotopic (exact) mass is 603 g/mol. The summed E-state index contributed by atoms with van der Waals surface area (Å²) in [4.78, 5) is 29.1. The Morgan fingerprint density at radius 2 is 1.48 bits per heavy atom. The van der Waals surface area contributed by atoms with E-state index in [2.05, 4.69) is 5.32 Å². The summed E-state index contributed by atoms with van der Waals surface area (Å²) in [6, 6.07) is 29.0. The average Bonchev–Trinajstić information content (AvgIpc) is 2.98. The molecule has 1 atom stereocenters. The van der Waals surface area contributed by atoms with Crippen molar-refractivity contribution in [3.63, 3.8) is 0 Å². The van der Waals surface area contributed by atoms with Crippen LogP contribution in [0.3, 0.4) is 0 Å². The number of benzene rings is 4. The molecule has 218 valence electrons. The first-order valence-corrected chi connectivity index (χ1v) is 15.4. The van der Waals surface area contributed by atoms with E-state index >= 15 is 0 Å². The fourth-order valence-electron chi connectivity index (χ4n) is 4.70. The van der Waals surface area contributed by atoms with Gasteiger partial charge in [0, 0.05) is 25.0 Å². The minimum Gasteiger partial charge on any atom is -0.357 e. The molecular formula is C33H34ClN3O4S. The highest BCUT2D eigenvalue weighted by atomic mass is 35.5. The van der Waals surface area contributed by atoms with E-state index in [9.17, 15) is 18.0 Å².